The number of aryl methyl sites for hydroxylation is 2. The predicted octanol–water partition coefficient (Wildman–Crippen LogP) is 3.81. The summed E-state index contributed by atoms with van der Waals surface area (Å²) in [6.45, 7) is 4.02. The number of aromatic amines is 1. The summed E-state index contributed by atoms with van der Waals surface area (Å²) >= 11 is 0. The highest BCUT2D eigenvalue weighted by Crippen LogP contribution is 2.40. The molecule has 0 spiro atoms. The van der Waals surface area contributed by atoms with Crippen molar-refractivity contribution in [2.45, 2.75) is 39.0 Å². The topological polar surface area (TPSA) is 128 Å². The molecule has 0 radical (unpaired) electrons. The van der Waals surface area contributed by atoms with Crippen molar-refractivity contribution in [2.24, 2.45) is 11.8 Å². The van der Waals surface area contributed by atoms with Gasteiger partial charge in [0.1, 0.15) is 5.69 Å². The summed E-state index contributed by atoms with van der Waals surface area (Å²) in [6.07, 6.45) is 10.7. The Bertz CT molecular complexity index is 1500. The molecule has 1 aliphatic rings. The second-order valence-corrected chi connectivity index (χ2v) is 9.10. The first-order valence-electron chi connectivity index (χ1n) is 11.7. The molecule has 0 amide bonds. The lowest BCUT2D eigenvalue weighted by Crippen LogP contribution is -2.23. The molecule has 5 aromatic heterocycles. The Morgan fingerprint density at radius 3 is 3.00 bits per heavy atom. The van der Waals surface area contributed by atoms with Gasteiger partial charge in [-0.05, 0) is 49.8 Å². The fraction of sp³-hybridized carbons (Fsp3) is 0.320. The first kappa shape index (κ1) is 21.3. The van der Waals surface area contributed by atoms with Gasteiger partial charge in [0.05, 0.1) is 29.4 Å². The number of fused-ring (bicyclic) bond motifs is 2. The third-order valence-corrected chi connectivity index (χ3v) is 7.01. The van der Waals surface area contributed by atoms with Gasteiger partial charge >= 0.3 is 0 Å². The maximum absolute atomic E-state index is 13.4. The normalized spacial score (nSPS) is 18.8. The van der Waals surface area contributed by atoms with E-state index in [-0.39, 0.29) is 35.3 Å². The van der Waals surface area contributed by atoms with Crippen molar-refractivity contribution < 1.29 is 9.21 Å². The Balaban J connectivity index is 1.29. The minimum Gasteiger partial charge on any atom is -0.412 e. The zero-order valence-electron chi connectivity index (χ0n) is 19.4. The van der Waals surface area contributed by atoms with Gasteiger partial charge in [-0.3, -0.25) is 9.78 Å². The third-order valence-electron chi connectivity index (χ3n) is 7.01. The van der Waals surface area contributed by atoms with Gasteiger partial charge < -0.3 is 9.40 Å². The monoisotopic (exact) mass is 468 g/mol. The molecule has 176 valence electrons. The average Bonchev–Trinajstić information content (AvgIpc) is 3.63. The molecule has 0 saturated heterocycles. The Hall–Kier alpha value is -4.21. The molecule has 10 nitrogen and oxygen atoms in total. The van der Waals surface area contributed by atoms with Crippen LogP contribution >= 0.6 is 0 Å². The van der Waals surface area contributed by atoms with Crippen molar-refractivity contribution in [3.8, 4) is 11.6 Å². The van der Waals surface area contributed by atoms with E-state index in [1.165, 1.54) is 6.20 Å². The zero-order chi connectivity index (χ0) is 23.9. The van der Waals surface area contributed by atoms with Crippen molar-refractivity contribution in [3.63, 3.8) is 0 Å². The van der Waals surface area contributed by atoms with Crippen LogP contribution in [0.5, 0.6) is 0 Å². The molecule has 3 atom stereocenters. The summed E-state index contributed by atoms with van der Waals surface area (Å²) in [5, 5.41) is 12.9. The minimum absolute atomic E-state index is 0.000971. The number of pyridine rings is 1. The lowest BCUT2D eigenvalue weighted by molar-refractivity contribution is 0.0839. The fourth-order valence-electron chi connectivity index (χ4n) is 5.00. The van der Waals surface area contributed by atoms with Crippen LogP contribution in [0.4, 0.5) is 0 Å². The first-order chi connectivity index (χ1) is 17.1. The smallest absolute Gasteiger partial charge is 0.284 e. The van der Waals surface area contributed by atoms with Gasteiger partial charge in [-0.15, -0.1) is 10.2 Å². The van der Waals surface area contributed by atoms with E-state index in [4.69, 9.17) is 9.52 Å². The van der Waals surface area contributed by atoms with Crippen LogP contribution in [0.3, 0.4) is 0 Å². The molecule has 0 fully saturated rings. The van der Waals surface area contributed by atoms with Crippen LogP contribution in [0.1, 0.15) is 59.0 Å². The third kappa shape index (κ3) is 3.80. The molecule has 5 heterocycles. The quantitative estimate of drug-likeness (QED) is 0.305. The molecular weight excluding hydrogens is 444 g/mol. The van der Waals surface area contributed by atoms with Gasteiger partial charge in [0.2, 0.25) is 5.78 Å². The molecule has 0 bridgehead atoms. The number of carbonyl (C=O) groups is 1. The average molecular weight is 469 g/mol. The summed E-state index contributed by atoms with van der Waals surface area (Å²) in [6, 6.07) is 6.21. The van der Waals surface area contributed by atoms with Gasteiger partial charge in [0, 0.05) is 36.1 Å². The van der Waals surface area contributed by atoms with Crippen LogP contribution in [0.2, 0.25) is 0 Å². The Kier molecular flexibility index (Phi) is 5.20. The number of ketones is 1. The summed E-state index contributed by atoms with van der Waals surface area (Å²) in [5.74, 6) is -0.217. The van der Waals surface area contributed by atoms with Crippen molar-refractivity contribution >= 4 is 11.3 Å². The van der Waals surface area contributed by atoms with E-state index in [9.17, 15) is 4.79 Å². The number of nitrogens with zero attached hydrogens (tertiary/aromatic N) is 7. The van der Waals surface area contributed by atoms with Gasteiger partial charge in [-0.25, -0.2) is 14.5 Å². The van der Waals surface area contributed by atoms with Gasteiger partial charge in [0.15, 0.2) is 0 Å². The van der Waals surface area contributed by atoms with Crippen LogP contribution in [-0.2, 0) is 6.42 Å². The number of imidazole rings is 1. The molecule has 0 aliphatic heterocycles. The van der Waals surface area contributed by atoms with Crippen LogP contribution in [0, 0.1) is 18.8 Å². The number of hydrogen-bond donors (Lipinski definition) is 1. The Morgan fingerprint density at radius 2 is 2.17 bits per heavy atom. The van der Waals surface area contributed by atoms with E-state index in [0.29, 0.717) is 5.69 Å². The molecule has 6 rings (SSSR count). The van der Waals surface area contributed by atoms with Gasteiger partial charge in [-0.1, -0.05) is 13.0 Å². The highest BCUT2D eigenvalue weighted by molar-refractivity contribution is 5.93. The zero-order valence-corrected chi connectivity index (χ0v) is 19.4. The van der Waals surface area contributed by atoms with E-state index < -0.39 is 0 Å². The van der Waals surface area contributed by atoms with Gasteiger partial charge in [-0.2, -0.15) is 5.10 Å². The predicted molar refractivity (Wildman–Crippen MR) is 126 cm³/mol. The second kappa shape index (κ2) is 8.53. The lowest BCUT2D eigenvalue weighted by atomic mass is 9.80. The van der Waals surface area contributed by atoms with E-state index in [0.717, 1.165) is 47.4 Å². The number of carbonyl (C=O) groups excluding carboxylic acids is 1. The number of rotatable bonds is 5. The largest absolute Gasteiger partial charge is 0.412 e. The minimum atomic E-state index is -0.310. The first-order valence-corrected chi connectivity index (χ1v) is 11.7. The molecule has 35 heavy (non-hydrogen) atoms. The maximum Gasteiger partial charge on any atom is 0.284 e. The standard InChI is InChI=1S/C25H24N8O2/c1-14-4-3-9-33-21(14)11-19(32-33)17-10-16(5-6-18-22(17)29-13-28-18)15(2)23(34)25-31-30-24(35-25)20-12-26-7-8-27-20/h3-4,7-9,11-13,15-17H,5-6,10H2,1-2H3,(H,28,29)/t15?,16?,17-/m1/s1. The van der Waals surface area contributed by atoms with Crippen LogP contribution in [0.15, 0.2) is 53.7 Å². The van der Waals surface area contributed by atoms with Crippen molar-refractivity contribution in [3.05, 3.63) is 77.8 Å². The number of nitrogens with one attached hydrogen (secondary N) is 1. The van der Waals surface area contributed by atoms with Gasteiger partial charge in [0.25, 0.3) is 11.8 Å². The molecule has 2 unspecified atom stereocenters. The molecular formula is C25H24N8O2. The number of hydrogen-bond acceptors (Lipinski definition) is 8. The second-order valence-electron chi connectivity index (χ2n) is 9.10. The van der Waals surface area contributed by atoms with E-state index in [1.54, 1.807) is 18.7 Å². The Morgan fingerprint density at radius 1 is 1.26 bits per heavy atom. The van der Waals surface area contributed by atoms with Crippen molar-refractivity contribution in [2.75, 3.05) is 0 Å². The SMILES string of the molecule is Cc1cccn2nc([C@H]3CC(C(C)C(=O)c4nnc(-c5cnccn5)o4)CCc4[nH]cnc43)cc12. The Labute approximate surface area is 200 Å². The molecule has 0 saturated carbocycles. The highest BCUT2D eigenvalue weighted by Gasteiger charge is 2.36. The van der Waals surface area contributed by atoms with Crippen LogP contribution in [0.25, 0.3) is 17.1 Å². The van der Waals surface area contributed by atoms with E-state index in [1.807, 2.05) is 23.7 Å². The number of Topliss-reactive ketones (excluding diaryl/α,β-unsaturated/α-hetero) is 1. The van der Waals surface area contributed by atoms with Crippen LogP contribution in [-0.4, -0.2) is 45.5 Å². The summed E-state index contributed by atoms with van der Waals surface area (Å²) in [7, 11) is 0. The molecule has 0 aromatic carbocycles. The number of H-pyrrole nitrogens is 1. The highest BCUT2D eigenvalue weighted by atomic mass is 16.4. The fourth-order valence-corrected chi connectivity index (χ4v) is 5.00. The van der Waals surface area contributed by atoms with Crippen LogP contribution < -0.4 is 0 Å². The summed E-state index contributed by atoms with van der Waals surface area (Å²) < 4.78 is 7.59. The summed E-state index contributed by atoms with van der Waals surface area (Å²) in [5.41, 5.74) is 5.75. The lowest BCUT2D eigenvalue weighted by Gasteiger charge is -2.23. The van der Waals surface area contributed by atoms with E-state index >= 15 is 0 Å². The molecule has 1 N–H and O–H groups in total. The molecule has 1 aliphatic carbocycles. The molecule has 5 aromatic rings. The summed E-state index contributed by atoms with van der Waals surface area (Å²) in [4.78, 5) is 29.5. The number of aromatic nitrogens is 8. The van der Waals surface area contributed by atoms with Crippen molar-refractivity contribution in [1.82, 2.24) is 39.7 Å². The van der Waals surface area contributed by atoms with Crippen molar-refractivity contribution in [1.29, 1.82) is 0 Å². The molecule has 10 heteroatoms. The maximum atomic E-state index is 13.4. The van der Waals surface area contributed by atoms with E-state index in [2.05, 4.69) is 49.2 Å².